The average molecular weight is 385 g/mol. The van der Waals surface area contributed by atoms with Gasteiger partial charge in [0.05, 0.1) is 11.6 Å². The number of carbonyl (C=O) groups is 1. The van der Waals surface area contributed by atoms with Gasteiger partial charge in [-0.15, -0.1) is 0 Å². The summed E-state index contributed by atoms with van der Waals surface area (Å²) < 4.78 is 0. The summed E-state index contributed by atoms with van der Waals surface area (Å²) in [5.74, 6) is -0.157. The Labute approximate surface area is 170 Å². The molecule has 0 radical (unpaired) electrons. The maximum absolute atomic E-state index is 13.1. The number of rotatable bonds is 6. The van der Waals surface area contributed by atoms with Crippen molar-refractivity contribution >= 4 is 11.6 Å². The molecule has 0 aliphatic heterocycles. The van der Waals surface area contributed by atoms with Gasteiger partial charge in [0.15, 0.2) is 0 Å². The fourth-order valence-electron chi connectivity index (χ4n) is 3.19. The lowest BCUT2D eigenvalue weighted by Gasteiger charge is -2.22. The normalized spacial score (nSPS) is 11.3. The minimum absolute atomic E-state index is 0.0941. The van der Waals surface area contributed by atoms with Crippen molar-refractivity contribution in [2.24, 2.45) is 0 Å². The van der Waals surface area contributed by atoms with Crippen molar-refractivity contribution in [2.75, 3.05) is 5.32 Å². The summed E-state index contributed by atoms with van der Waals surface area (Å²) in [7, 11) is 0. The van der Waals surface area contributed by atoms with Crippen LogP contribution in [0.5, 0.6) is 5.75 Å². The first-order chi connectivity index (χ1) is 14.0. The lowest BCUT2D eigenvalue weighted by Crippen LogP contribution is -2.33. The lowest BCUT2D eigenvalue weighted by molar-refractivity contribution is -0.122. The highest BCUT2D eigenvalue weighted by molar-refractivity contribution is 5.87. The molecule has 0 heterocycles. The van der Waals surface area contributed by atoms with Crippen molar-refractivity contribution in [1.29, 1.82) is 5.26 Å². The first-order valence-electron chi connectivity index (χ1n) is 9.36. The molecule has 0 bridgehead atoms. The van der Waals surface area contributed by atoms with Crippen LogP contribution < -0.4 is 10.6 Å². The molecule has 0 saturated carbocycles. The summed E-state index contributed by atoms with van der Waals surface area (Å²) in [6.45, 7) is 4.12. The molecule has 3 rings (SSSR count). The predicted molar refractivity (Wildman–Crippen MR) is 113 cm³/mol. The van der Waals surface area contributed by atoms with E-state index >= 15 is 0 Å². The molecule has 5 heteroatoms. The van der Waals surface area contributed by atoms with Crippen LogP contribution in [0.4, 0.5) is 5.69 Å². The van der Waals surface area contributed by atoms with Crippen LogP contribution in [-0.4, -0.2) is 11.0 Å². The molecule has 1 amide bonds. The summed E-state index contributed by atoms with van der Waals surface area (Å²) >= 11 is 0. The molecule has 146 valence electrons. The number of aromatic hydroxyl groups is 1. The van der Waals surface area contributed by atoms with Crippen molar-refractivity contribution in [3.05, 3.63) is 94.5 Å². The second-order valence-corrected chi connectivity index (χ2v) is 6.99. The SMILES string of the molecule is Cc1cc(C)c(O)c([C@H](Nc2ccc(C#N)cc2)C(=O)NCc2ccccc2)c1. The molecule has 0 unspecified atom stereocenters. The minimum Gasteiger partial charge on any atom is -0.507 e. The van der Waals surface area contributed by atoms with Crippen LogP contribution in [0.15, 0.2) is 66.7 Å². The Morgan fingerprint density at radius 1 is 1.07 bits per heavy atom. The highest BCUT2D eigenvalue weighted by Crippen LogP contribution is 2.31. The molecule has 3 aromatic rings. The van der Waals surface area contributed by atoms with E-state index in [1.54, 1.807) is 24.3 Å². The van der Waals surface area contributed by atoms with Crippen LogP contribution in [-0.2, 0) is 11.3 Å². The summed E-state index contributed by atoms with van der Waals surface area (Å²) in [6.07, 6.45) is 0. The number of phenols is 1. The van der Waals surface area contributed by atoms with Gasteiger partial charge in [-0.2, -0.15) is 5.26 Å². The van der Waals surface area contributed by atoms with E-state index in [2.05, 4.69) is 16.7 Å². The Bertz CT molecular complexity index is 1040. The third-order valence-corrected chi connectivity index (χ3v) is 4.68. The zero-order chi connectivity index (χ0) is 20.8. The number of nitrogens with one attached hydrogen (secondary N) is 2. The molecule has 0 fully saturated rings. The summed E-state index contributed by atoms with van der Waals surface area (Å²) in [5, 5.41) is 25.7. The van der Waals surface area contributed by atoms with Crippen molar-refractivity contribution in [3.63, 3.8) is 0 Å². The Hall–Kier alpha value is -3.78. The number of hydrogen-bond donors (Lipinski definition) is 3. The van der Waals surface area contributed by atoms with E-state index < -0.39 is 6.04 Å². The number of nitrogens with zero attached hydrogens (tertiary/aromatic N) is 1. The van der Waals surface area contributed by atoms with Crippen molar-refractivity contribution in [2.45, 2.75) is 26.4 Å². The van der Waals surface area contributed by atoms with Gasteiger partial charge in [0.25, 0.3) is 0 Å². The topological polar surface area (TPSA) is 85.2 Å². The standard InChI is InChI=1S/C24H23N3O2/c1-16-12-17(2)23(28)21(13-16)22(27-20-10-8-18(14-25)9-11-20)24(29)26-15-19-6-4-3-5-7-19/h3-13,22,27-28H,15H2,1-2H3,(H,26,29)/t22-/m0/s1. The van der Waals surface area contributed by atoms with Crippen molar-refractivity contribution in [1.82, 2.24) is 5.32 Å². The van der Waals surface area contributed by atoms with Crippen LogP contribution >= 0.6 is 0 Å². The maximum Gasteiger partial charge on any atom is 0.247 e. The number of nitriles is 1. The zero-order valence-corrected chi connectivity index (χ0v) is 16.4. The van der Waals surface area contributed by atoms with Gasteiger partial charge in [-0.1, -0.05) is 42.0 Å². The van der Waals surface area contributed by atoms with Crippen LogP contribution in [0, 0.1) is 25.2 Å². The summed E-state index contributed by atoms with van der Waals surface area (Å²) in [4.78, 5) is 13.1. The van der Waals surface area contributed by atoms with Gasteiger partial charge >= 0.3 is 0 Å². The fourth-order valence-corrected chi connectivity index (χ4v) is 3.19. The average Bonchev–Trinajstić information content (AvgIpc) is 2.74. The molecular formula is C24H23N3O2. The second kappa shape index (κ2) is 8.94. The molecule has 29 heavy (non-hydrogen) atoms. The number of aryl methyl sites for hydroxylation is 2. The van der Waals surface area contributed by atoms with Crippen LogP contribution in [0.2, 0.25) is 0 Å². The van der Waals surface area contributed by atoms with Crippen molar-refractivity contribution in [3.8, 4) is 11.8 Å². The Morgan fingerprint density at radius 2 is 1.76 bits per heavy atom. The molecular weight excluding hydrogens is 362 g/mol. The number of amides is 1. The second-order valence-electron chi connectivity index (χ2n) is 6.99. The molecule has 0 saturated heterocycles. The molecule has 3 aromatic carbocycles. The van der Waals surface area contributed by atoms with Gasteiger partial charge < -0.3 is 15.7 Å². The molecule has 5 nitrogen and oxygen atoms in total. The van der Waals surface area contributed by atoms with Gasteiger partial charge in [0, 0.05) is 17.8 Å². The summed E-state index contributed by atoms with van der Waals surface area (Å²) in [5.41, 5.74) is 4.39. The van der Waals surface area contributed by atoms with Crippen LogP contribution in [0.25, 0.3) is 0 Å². The monoisotopic (exact) mass is 385 g/mol. The number of benzene rings is 3. The Kier molecular flexibility index (Phi) is 6.16. The fraction of sp³-hybridized carbons (Fsp3) is 0.167. The lowest BCUT2D eigenvalue weighted by atomic mass is 9.98. The molecule has 0 spiro atoms. The largest absolute Gasteiger partial charge is 0.507 e. The molecule has 0 aromatic heterocycles. The van der Waals surface area contributed by atoms with Gasteiger partial charge in [-0.3, -0.25) is 4.79 Å². The first-order valence-corrected chi connectivity index (χ1v) is 9.36. The molecule has 3 N–H and O–H groups in total. The van der Waals surface area contributed by atoms with E-state index in [0.717, 1.165) is 11.1 Å². The van der Waals surface area contributed by atoms with Gasteiger partial charge in [0.2, 0.25) is 5.91 Å². The highest BCUT2D eigenvalue weighted by atomic mass is 16.3. The Balaban J connectivity index is 1.90. The Morgan fingerprint density at radius 3 is 2.41 bits per heavy atom. The quantitative estimate of drug-likeness (QED) is 0.589. The maximum atomic E-state index is 13.1. The predicted octanol–water partition coefficient (Wildman–Crippen LogP) is 4.35. The number of anilines is 1. The zero-order valence-electron chi connectivity index (χ0n) is 16.4. The smallest absolute Gasteiger partial charge is 0.247 e. The highest BCUT2D eigenvalue weighted by Gasteiger charge is 2.24. The van der Waals surface area contributed by atoms with E-state index in [9.17, 15) is 9.90 Å². The third-order valence-electron chi connectivity index (χ3n) is 4.68. The minimum atomic E-state index is -0.787. The van der Waals surface area contributed by atoms with E-state index in [1.807, 2.05) is 56.3 Å². The van der Waals surface area contributed by atoms with Crippen molar-refractivity contribution < 1.29 is 9.90 Å². The molecule has 1 atom stereocenters. The van der Waals surface area contributed by atoms with E-state index in [4.69, 9.17) is 5.26 Å². The molecule has 0 aliphatic rings. The van der Waals surface area contributed by atoms with Crippen LogP contribution in [0.3, 0.4) is 0 Å². The van der Waals surface area contributed by atoms with E-state index in [1.165, 1.54) is 0 Å². The number of hydrogen-bond acceptors (Lipinski definition) is 4. The molecule has 0 aliphatic carbocycles. The van der Waals surface area contributed by atoms with Gasteiger partial charge in [0.1, 0.15) is 11.8 Å². The van der Waals surface area contributed by atoms with Crippen LogP contribution in [0.1, 0.15) is 33.9 Å². The number of phenolic OH excluding ortho intramolecular Hbond substituents is 1. The third kappa shape index (κ3) is 4.94. The van der Waals surface area contributed by atoms with Gasteiger partial charge in [-0.05, 0) is 55.3 Å². The van der Waals surface area contributed by atoms with Gasteiger partial charge in [-0.25, -0.2) is 0 Å². The number of carbonyl (C=O) groups excluding carboxylic acids is 1. The van der Waals surface area contributed by atoms with E-state index in [0.29, 0.717) is 28.9 Å². The first kappa shape index (κ1) is 20.0. The summed E-state index contributed by atoms with van der Waals surface area (Å²) in [6, 6.07) is 21.5. The van der Waals surface area contributed by atoms with E-state index in [-0.39, 0.29) is 11.7 Å².